The van der Waals surface area contributed by atoms with E-state index in [1.165, 1.54) is 10.6 Å². The first-order chi connectivity index (χ1) is 13.0. The third kappa shape index (κ3) is 4.97. The third-order valence-electron chi connectivity index (χ3n) is 4.60. The molecule has 0 radical (unpaired) electrons. The standard InChI is InChI=1S/C20H31N3O3S/c1-4-7-15-22(16-8-5-2)23(14-6-3)27(25,26)19-11-9-10-18-17(19)12-13-21-20(18)24/h9-13H,4-8,14-16H2,1-3H3,(H,21,24). The number of hydrazine groups is 1. The maximum absolute atomic E-state index is 13.6. The molecule has 0 aliphatic heterocycles. The fourth-order valence-corrected chi connectivity index (χ4v) is 4.98. The number of rotatable bonds is 11. The van der Waals surface area contributed by atoms with Crippen LogP contribution in [0.25, 0.3) is 10.8 Å². The first kappa shape index (κ1) is 21.6. The van der Waals surface area contributed by atoms with E-state index in [1.807, 2.05) is 11.9 Å². The van der Waals surface area contributed by atoms with Crippen LogP contribution in [0.5, 0.6) is 0 Å². The average Bonchev–Trinajstić information content (AvgIpc) is 2.66. The zero-order chi connectivity index (χ0) is 19.9. The molecule has 0 fully saturated rings. The molecule has 1 heterocycles. The van der Waals surface area contributed by atoms with E-state index in [9.17, 15) is 13.2 Å². The van der Waals surface area contributed by atoms with E-state index in [-0.39, 0.29) is 10.5 Å². The highest BCUT2D eigenvalue weighted by atomic mass is 32.2. The average molecular weight is 394 g/mol. The van der Waals surface area contributed by atoms with Crippen LogP contribution in [0.4, 0.5) is 0 Å². The van der Waals surface area contributed by atoms with Gasteiger partial charge in [-0.2, -0.15) is 0 Å². The van der Waals surface area contributed by atoms with E-state index < -0.39 is 10.0 Å². The van der Waals surface area contributed by atoms with Crippen molar-refractivity contribution in [3.05, 3.63) is 40.8 Å². The first-order valence-corrected chi connectivity index (χ1v) is 11.3. The van der Waals surface area contributed by atoms with Crippen LogP contribution in [0.3, 0.4) is 0 Å². The van der Waals surface area contributed by atoms with E-state index in [1.54, 1.807) is 24.3 Å². The molecule has 2 aromatic rings. The summed E-state index contributed by atoms with van der Waals surface area (Å²) in [6.07, 6.45) is 6.11. The van der Waals surface area contributed by atoms with E-state index in [0.717, 1.165) is 32.1 Å². The van der Waals surface area contributed by atoms with Gasteiger partial charge in [0.1, 0.15) is 0 Å². The molecular weight excluding hydrogens is 362 g/mol. The highest BCUT2D eigenvalue weighted by Gasteiger charge is 2.30. The summed E-state index contributed by atoms with van der Waals surface area (Å²) < 4.78 is 28.7. The molecule has 2 rings (SSSR count). The number of hydrogen-bond donors (Lipinski definition) is 1. The second kappa shape index (κ2) is 10.0. The topological polar surface area (TPSA) is 73.5 Å². The van der Waals surface area contributed by atoms with Gasteiger partial charge >= 0.3 is 0 Å². The summed E-state index contributed by atoms with van der Waals surface area (Å²) in [5, 5.41) is 2.83. The van der Waals surface area contributed by atoms with Crippen molar-refractivity contribution in [2.45, 2.75) is 57.8 Å². The van der Waals surface area contributed by atoms with Crippen LogP contribution in [0.15, 0.2) is 40.2 Å². The van der Waals surface area contributed by atoms with Crippen LogP contribution in [0.2, 0.25) is 0 Å². The molecule has 150 valence electrons. The van der Waals surface area contributed by atoms with Gasteiger partial charge in [-0.1, -0.05) is 39.7 Å². The van der Waals surface area contributed by atoms with Crippen molar-refractivity contribution in [2.24, 2.45) is 0 Å². The summed E-state index contributed by atoms with van der Waals surface area (Å²) in [7, 11) is -3.76. The molecule has 0 aliphatic rings. The Balaban J connectivity index is 2.54. The predicted octanol–water partition coefficient (Wildman–Crippen LogP) is 3.75. The highest BCUT2D eigenvalue weighted by Crippen LogP contribution is 2.25. The van der Waals surface area contributed by atoms with Crippen LogP contribution < -0.4 is 5.56 Å². The summed E-state index contributed by atoms with van der Waals surface area (Å²) in [5.41, 5.74) is -0.277. The molecule has 6 nitrogen and oxygen atoms in total. The Bertz CT molecular complexity index is 885. The SMILES string of the molecule is CCCCN(CCCC)N(CCC)S(=O)(=O)c1cccc2c(=O)[nH]ccc12. The summed E-state index contributed by atoms with van der Waals surface area (Å²) in [6, 6.07) is 6.55. The lowest BCUT2D eigenvalue weighted by atomic mass is 10.2. The maximum Gasteiger partial charge on any atom is 0.256 e. The number of nitrogens with one attached hydrogen (secondary N) is 1. The number of fused-ring (bicyclic) bond motifs is 1. The molecule has 0 bridgehead atoms. The summed E-state index contributed by atoms with van der Waals surface area (Å²) >= 11 is 0. The highest BCUT2D eigenvalue weighted by molar-refractivity contribution is 7.89. The van der Waals surface area contributed by atoms with Crippen molar-refractivity contribution in [1.82, 2.24) is 14.4 Å². The molecule has 0 saturated carbocycles. The lowest BCUT2D eigenvalue weighted by Gasteiger charge is -2.34. The summed E-state index contributed by atoms with van der Waals surface area (Å²) in [6.45, 7) is 8.03. The van der Waals surface area contributed by atoms with E-state index in [2.05, 4.69) is 18.8 Å². The minimum Gasteiger partial charge on any atom is -0.329 e. The number of aromatic amines is 1. The van der Waals surface area contributed by atoms with Gasteiger partial charge in [-0.05, 0) is 37.5 Å². The Morgan fingerprint density at radius 3 is 2.15 bits per heavy atom. The van der Waals surface area contributed by atoms with Crippen molar-refractivity contribution in [1.29, 1.82) is 0 Å². The van der Waals surface area contributed by atoms with Crippen molar-refractivity contribution < 1.29 is 8.42 Å². The lowest BCUT2D eigenvalue weighted by Crippen LogP contribution is -2.47. The Labute approximate surface area is 162 Å². The molecule has 7 heteroatoms. The van der Waals surface area contributed by atoms with Gasteiger partial charge in [0.25, 0.3) is 15.6 Å². The van der Waals surface area contributed by atoms with Gasteiger partial charge in [0.2, 0.25) is 0 Å². The van der Waals surface area contributed by atoms with Crippen molar-refractivity contribution >= 4 is 20.8 Å². The van der Waals surface area contributed by atoms with Gasteiger partial charge in [-0.3, -0.25) is 4.79 Å². The quantitative estimate of drug-likeness (QED) is 0.590. The Morgan fingerprint density at radius 1 is 0.889 bits per heavy atom. The number of benzene rings is 1. The van der Waals surface area contributed by atoms with Gasteiger partial charge in [0.15, 0.2) is 0 Å². The second-order valence-corrected chi connectivity index (χ2v) is 8.55. The normalized spacial score (nSPS) is 12.3. The van der Waals surface area contributed by atoms with Gasteiger partial charge in [0.05, 0.1) is 4.90 Å². The Kier molecular flexibility index (Phi) is 8.01. The molecule has 0 atom stereocenters. The lowest BCUT2D eigenvalue weighted by molar-refractivity contribution is 0.0557. The van der Waals surface area contributed by atoms with E-state index in [0.29, 0.717) is 30.4 Å². The van der Waals surface area contributed by atoms with Crippen LogP contribution in [0, 0.1) is 0 Å². The predicted molar refractivity (Wildman–Crippen MR) is 110 cm³/mol. The largest absolute Gasteiger partial charge is 0.329 e. The van der Waals surface area contributed by atoms with Crippen molar-refractivity contribution in [3.8, 4) is 0 Å². The van der Waals surface area contributed by atoms with Crippen molar-refractivity contribution in [2.75, 3.05) is 19.6 Å². The molecule has 1 N–H and O–H groups in total. The zero-order valence-corrected chi connectivity index (χ0v) is 17.4. The van der Waals surface area contributed by atoms with Crippen LogP contribution in [-0.2, 0) is 10.0 Å². The molecule has 0 spiro atoms. The van der Waals surface area contributed by atoms with Gasteiger partial charge in [-0.25, -0.2) is 13.4 Å². The first-order valence-electron chi connectivity index (χ1n) is 9.85. The number of pyridine rings is 1. The summed E-state index contributed by atoms with van der Waals surface area (Å²) in [5.74, 6) is 0. The smallest absolute Gasteiger partial charge is 0.256 e. The molecule has 1 aromatic carbocycles. The van der Waals surface area contributed by atoms with E-state index in [4.69, 9.17) is 0 Å². The molecule has 0 aliphatic carbocycles. The van der Waals surface area contributed by atoms with Gasteiger partial charge in [0, 0.05) is 36.6 Å². The number of hydrogen-bond acceptors (Lipinski definition) is 4. The molecule has 0 saturated heterocycles. The number of H-pyrrole nitrogens is 1. The number of sulfonamides is 1. The minimum absolute atomic E-state index is 0.192. The number of unbranched alkanes of at least 4 members (excludes halogenated alkanes) is 2. The number of aromatic nitrogens is 1. The fraction of sp³-hybridized carbons (Fsp3) is 0.550. The van der Waals surface area contributed by atoms with E-state index >= 15 is 0 Å². The minimum atomic E-state index is -3.76. The van der Waals surface area contributed by atoms with Gasteiger partial charge in [-0.15, -0.1) is 4.41 Å². The van der Waals surface area contributed by atoms with Crippen LogP contribution in [0.1, 0.15) is 52.9 Å². The molecule has 27 heavy (non-hydrogen) atoms. The van der Waals surface area contributed by atoms with Crippen LogP contribution >= 0.6 is 0 Å². The maximum atomic E-state index is 13.6. The Morgan fingerprint density at radius 2 is 1.56 bits per heavy atom. The monoisotopic (exact) mass is 393 g/mol. The zero-order valence-electron chi connectivity index (χ0n) is 16.6. The van der Waals surface area contributed by atoms with Crippen LogP contribution in [-0.4, -0.2) is 42.5 Å². The summed E-state index contributed by atoms with van der Waals surface area (Å²) in [4.78, 5) is 14.9. The number of nitrogens with zero attached hydrogens (tertiary/aromatic N) is 2. The fourth-order valence-electron chi connectivity index (χ4n) is 3.15. The third-order valence-corrected chi connectivity index (χ3v) is 6.48. The Hall–Kier alpha value is -1.70. The molecular formula is C20H31N3O3S. The van der Waals surface area contributed by atoms with Gasteiger partial charge < -0.3 is 4.98 Å². The van der Waals surface area contributed by atoms with Crippen molar-refractivity contribution in [3.63, 3.8) is 0 Å². The molecule has 0 unspecified atom stereocenters. The second-order valence-electron chi connectivity index (χ2n) is 6.74. The molecule has 1 aromatic heterocycles. The molecule has 0 amide bonds.